The van der Waals surface area contributed by atoms with Crippen LogP contribution in [0.4, 0.5) is 13.2 Å². The molecule has 0 heterocycles. The van der Waals surface area contributed by atoms with Crippen molar-refractivity contribution < 1.29 is 22.7 Å². The van der Waals surface area contributed by atoms with Gasteiger partial charge in [-0.05, 0) is 48.9 Å². The smallest absolute Gasteiger partial charge is 0.416 e. The number of halogens is 3. The van der Waals surface area contributed by atoms with E-state index < -0.39 is 17.6 Å². The molecule has 2 aromatic carbocycles. The lowest BCUT2D eigenvalue weighted by atomic mass is 10.1. The second kappa shape index (κ2) is 11.1. The molecule has 0 radical (unpaired) electrons. The number of hydrogen-bond acceptors (Lipinski definition) is 3. The normalized spacial score (nSPS) is 11.7. The first-order chi connectivity index (χ1) is 14.3. The third-order valence-electron chi connectivity index (χ3n) is 4.08. The highest BCUT2D eigenvalue weighted by Gasteiger charge is 2.30. The molecule has 0 aromatic heterocycles. The number of carbonyl (C=O) groups is 1. The SMILES string of the molecule is CCNC(=NCc1cccc(OC)c1)NCCNC(=O)c1ccc(C(F)(F)F)cc1. The van der Waals surface area contributed by atoms with Crippen LogP contribution in [-0.4, -0.2) is 38.6 Å². The molecule has 0 saturated heterocycles. The Kier molecular flexibility index (Phi) is 8.52. The molecular formula is C21H25F3N4O2. The number of benzene rings is 2. The molecule has 0 aliphatic carbocycles. The molecule has 0 bridgehead atoms. The third kappa shape index (κ3) is 7.31. The van der Waals surface area contributed by atoms with E-state index in [-0.39, 0.29) is 12.1 Å². The van der Waals surface area contributed by atoms with Gasteiger partial charge < -0.3 is 20.7 Å². The van der Waals surface area contributed by atoms with Crippen LogP contribution < -0.4 is 20.7 Å². The summed E-state index contributed by atoms with van der Waals surface area (Å²) in [5.41, 5.74) is 0.368. The number of hydrogen-bond donors (Lipinski definition) is 3. The van der Waals surface area contributed by atoms with Gasteiger partial charge in [0.25, 0.3) is 5.91 Å². The fraction of sp³-hybridized carbons (Fsp3) is 0.333. The number of guanidine groups is 1. The topological polar surface area (TPSA) is 74.8 Å². The van der Waals surface area contributed by atoms with E-state index in [1.807, 2.05) is 31.2 Å². The minimum atomic E-state index is -4.42. The summed E-state index contributed by atoms with van der Waals surface area (Å²) in [7, 11) is 1.60. The first-order valence-corrected chi connectivity index (χ1v) is 9.44. The van der Waals surface area contributed by atoms with E-state index in [4.69, 9.17) is 4.74 Å². The summed E-state index contributed by atoms with van der Waals surface area (Å²) in [6, 6.07) is 11.7. The fourth-order valence-electron chi connectivity index (χ4n) is 2.55. The predicted octanol–water partition coefficient (Wildman–Crippen LogP) is 3.20. The average Bonchev–Trinajstić information content (AvgIpc) is 2.74. The summed E-state index contributed by atoms with van der Waals surface area (Å²) in [5.74, 6) is 0.902. The van der Waals surface area contributed by atoms with Crippen LogP contribution >= 0.6 is 0 Å². The lowest BCUT2D eigenvalue weighted by Crippen LogP contribution is -2.41. The summed E-state index contributed by atoms with van der Waals surface area (Å²) >= 11 is 0. The van der Waals surface area contributed by atoms with E-state index in [1.54, 1.807) is 7.11 Å². The lowest BCUT2D eigenvalue weighted by Gasteiger charge is -2.12. The minimum absolute atomic E-state index is 0.168. The van der Waals surface area contributed by atoms with Crippen molar-refractivity contribution in [3.8, 4) is 5.75 Å². The Hall–Kier alpha value is -3.23. The van der Waals surface area contributed by atoms with Crippen LogP contribution in [0.25, 0.3) is 0 Å². The number of alkyl halides is 3. The lowest BCUT2D eigenvalue weighted by molar-refractivity contribution is -0.137. The minimum Gasteiger partial charge on any atom is -0.497 e. The van der Waals surface area contributed by atoms with Gasteiger partial charge in [-0.3, -0.25) is 4.79 Å². The molecule has 3 N–H and O–H groups in total. The van der Waals surface area contributed by atoms with Gasteiger partial charge in [0.15, 0.2) is 5.96 Å². The van der Waals surface area contributed by atoms with E-state index in [1.165, 1.54) is 0 Å². The van der Waals surface area contributed by atoms with E-state index in [0.29, 0.717) is 25.6 Å². The van der Waals surface area contributed by atoms with Crippen LogP contribution in [-0.2, 0) is 12.7 Å². The maximum atomic E-state index is 12.6. The molecule has 1 amide bonds. The van der Waals surface area contributed by atoms with Crippen LogP contribution in [0.15, 0.2) is 53.5 Å². The van der Waals surface area contributed by atoms with Crippen LogP contribution in [0.3, 0.4) is 0 Å². The highest BCUT2D eigenvalue weighted by Crippen LogP contribution is 2.29. The molecule has 162 valence electrons. The molecule has 0 atom stereocenters. The number of ether oxygens (including phenoxy) is 1. The first-order valence-electron chi connectivity index (χ1n) is 9.44. The van der Waals surface area contributed by atoms with Gasteiger partial charge in [-0.1, -0.05) is 12.1 Å². The van der Waals surface area contributed by atoms with Gasteiger partial charge in [-0.15, -0.1) is 0 Å². The number of amides is 1. The van der Waals surface area contributed by atoms with Crippen LogP contribution in [0, 0.1) is 0 Å². The van der Waals surface area contributed by atoms with E-state index in [0.717, 1.165) is 35.6 Å². The molecule has 2 aromatic rings. The summed E-state index contributed by atoms with van der Waals surface area (Å²) in [4.78, 5) is 16.6. The van der Waals surface area contributed by atoms with Crippen molar-refractivity contribution in [2.24, 2.45) is 4.99 Å². The molecule has 0 aliphatic heterocycles. The maximum Gasteiger partial charge on any atom is 0.416 e. The van der Waals surface area contributed by atoms with E-state index in [2.05, 4.69) is 20.9 Å². The maximum absolute atomic E-state index is 12.6. The Morgan fingerprint density at radius 2 is 1.73 bits per heavy atom. The van der Waals surface area contributed by atoms with Crippen LogP contribution in [0.2, 0.25) is 0 Å². The Morgan fingerprint density at radius 1 is 1.03 bits per heavy atom. The zero-order valence-corrected chi connectivity index (χ0v) is 16.8. The van der Waals surface area contributed by atoms with Gasteiger partial charge in [0.05, 0.1) is 19.2 Å². The van der Waals surface area contributed by atoms with Crippen molar-refractivity contribution in [3.63, 3.8) is 0 Å². The van der Waals surface area contributed by atoms with Gasteiger partial charge in [0.2, 0.25) is 0 Å². The molecule has 6 nitrogen and oxygen atoms in total. The number of nitrogens with zero attached hydrogens (tertiary/aromatic N) is 1. The highest BCUT2D eigenvalue weighted by molar-refractivity contribution is 5.94. The number of carbonyl (C=O) groups excluding carboxylic acids is 1. The molecular weight excluding hydrogens is 397 g/mol. The van der Waals surface area contributed by atoms with Crippen molar-refractivity contribution >= 4 is 11.9 Å². The summed E-state index contributed by atoms with van der Waals surface area (Å²) < 4.78 is 42.9. The van der Waals surface area contributed by atoms with E-state index >= 15 is 0 Å². The number of methoxy groups -OCH3 is 1. The average molecular weight is 422 g/mol. The molecule has 0 fully saturated rings. The Bertz CT molecular complexity index is 852. The Labute approximate surface area is 173 Å². The third-order valence-corrected chi connectivity index (χ3v) is 4.08. The van der Waals surface area contributed by atoms with Crippen LogP contribution in [0.1, 0.15) is 28.4 Å². The Morgan fingerprint density at radius 3 is 2.37 bits per heavy atom. The number of aliphatic imine (C=N–C) groups is 1. The zero-order chi connectivity index (χ0) is 22.0. The van der Waals surface area contributed by atoms with Crippen molar-refractivity contribution in [1.29, 1.82) is 0 Å². The highest BCUT2D eigenvalue weighted by atomic mass is 19.4. The van der Waals surface area contributed by atoms with Gasteiger partial charge in [0, 0.05) is 25.2 Å². The number of rotatable bonds is 8. The molecule has 0 spiro atoms. The van der Waals surface area contributed by atoms with Crippen molar-refractivity contribution in [3.05, 3.63) is 65.2 Å². The molecule has 2 rings (SSSR count). The van der Waals surface area contributed by atoms with Crippen molar-refractivity contribution in [2.75, 3.05) is 26.7 Å². The van der Waals surface area contributed by atoms with Crippen LogP contribution in [0.5, 0.6) is 5.75 Å². The molecule has 9 heteroatoms. The summed E-state index contributed by atoms with van der Waals surface area (Å²) in [6.45, 7) is 3.74. The van der Waals surface area contributed by atoms with Gasteiger partial charge in [0.1, 0.15) is 5.75 Å². The molecule has 0 saturated carbocycles. The van der Waals surface area contributed by atoms with Crippen molar-refractivity contribution in [1.82, 2.24) is 16.0 Å². The Balaban J connectivity index is 1.83. The van der Waals surface area contributed by atoms with Crippen molar-refractivity contribution in [2.45, 2.75) is 19.6 Å². The van der Waals surface area contributed by atoms with Gasteiger partial charge in [-0.2, -0.15) is 13.2 Å². The van der Waals surface area contributed by atoms with Gasteiger partial charge in [-0.25, -0.2) is 4.99 Å². The molecule has 30 heavy (non-hydrogen) atoms. The standard InChI is InChI=1S/C21H25F3N4O2/c1-3-25-20(28-14-15-5-4-6-18(13-15)30-2)27-12-11-26-19(29)16-7-9-17(10-8-16)21(22,23)24/h4-10,13H,3,11-12,14H2,1-2H3,(H,26,29)(H2,25,27,28). The van der Waals surface area contributed by atoms with E-state index in [9.17, 15) is 18.0 Å². The summed E-state index contributed by atoms with van der Waals surface area (Å²) in [5, 5.41) is 8.87. The van der Waals surface area contributed by atoms with Gasteiger partial charge >= 0.3 is 6.18 Å². The second-order valence-electron chi connectivity index (χ2n) is 6.30. The zero-order valence-electron chi connectivity index (χ0n) is 16.8. The summed E-state index contributed by atoms with van der Waals surface area (Å²) in [6.07, 6.45) is -4.42. The largest absolute Gasteiger partial charge is 0.497 e. The number of nitrogens with one attached hydrogen (secondary N) is 3. The molecule has 0 unspecified atom stereocenters. The molecule has 0 aliphatic rings. The fourth-order valence-corrected chi connectivity index (χ4v) is 2.55. The predicted molar refractivity (Wildman–Crippen MR) is 110 cm³/mol. The monoisotopic (exact) mass is 422 g/mol. The first kappa shape index (κ1) is 23.1. The second-order valence-corrected chi connectivity index (χ2v) is 6.30. The quantitative estimate of drug-likeness (QED) is 0.347.